The Labute approximate surface area is 146 Å². The molecular weight excluding hydrogens is 324 g/mol. The number of amides is 1. The predicted molar refractivity (Wildman–Crippen MR) is 94.4 cm³/mol. The van der Waals surface area contributed by atoms with E-state index in [1.807, 2.05) is 23.1 Å². The monoisotopic (exact) mass is 346 g/mol. The number of benzene rings is 1. The molecule has 0 aliphatic carbocycles. The van der Waals surface area contributed by atoms with Crippen LogP contribution in [0.4, 0.5) is 5.13 Å². The first-order valence-corrected chi connectivity index (χ1v) is 8.84. The first kappa shape index (κ1) is 16.9. The summed E-state index contributed by atoms with van der Waals surface area (Å²) in [6.45, 7) is 4.45. The van der Waals surface area contributed by atoms with Crippen molar-refractivity contribution in [2.45, 2.75) is 19.4 Å². The third-order valence-corrected chi connectivity index (χ3v) is 4.96. The van der Waals surface area contributed by atoms with Crippen molar-refractivity contribution in [3.63, 3.8) is 0 Å². The van der Waals surface area contributed by atoms with Crippen molar-refractivity contribution in [3.05, 3.63) is 41.7 Å². The first-order chi connectivity index (χ1) is 11.7. The molecule has 1 saturated heterocycles. The Balaban J connectivity index is 1.61. The van der Waals surface area contributed by atoms with E-state index in [0.29, 0.717) is 6.54 Å². The molecule has 0 N–H and O–H groups in total. The lowest BCUT2D eigenvalue weighted by molar-refractivity contribution is -0.137. The van der Waals surface area contributed by atoms with Gasteiger partial charge in [0, 0.05) is 50.7 Å². The van der Waals surface area contributed by atoms with Gasteiger partial charge in [0.25, 0.3) is 0 Å². The van der Waals surface area contributed by atoms with Crippen LogP contribution < -0.4 is 4.90 Å². The van der Waals surface area contributed by atoms with Crippen LogP contribution in [0.1, 0.15) is 18.3 Å². The van der Waals surface area contributed by atoms with Crippen molar-refractivity contribution in [3.8, 4) is 0 Å². The van der Waals surface area contributed by atoms with Gasteiger partial charge < -0.3 is 14.5 Å². The highest BCUT2D eigenvalue weighted by Crippen LogP contribution is 2.22. The molecule has 0 saturated carbocycles. The number of ether oxygens (including phenoxy) is 1. The molecule has 0 bridgehead atoms. The number of hydrogen-bond acceptors (Lipinski definition) is 6. The lowest BCUT2D eigenvalue weighted by Crippen LogP contribution is -2.54. The molecule has 7 heteroatoms. The second kappa shape index (κ2) is 7.72. The Hall–Kier alpha value is -1.99. The molecule has 0 spiro atoms. The minimum Gasteiger partial charge on any atom is -0.375 e. The fraction of sp³-hybridized carbons (Fsp3) is 0.471. The molecule has 1 aromatic heterocycles. The minimum absolute atomic E-state index is 0.0479. The van der Waals surface area contributed by atoms with Crippen molar-refractivity contribution in [2.75, 3.05) is 38.3 Å². The van der Waals surface area contributed by atoms with Gasteiger partial charge in [-0.2, -0.15) is 4.37 Å². The molecule has 1 fully saturated rings. The van der Waals surface area contributed by atoms with Gasteiger partial charge in [0.15, 0.2) is 0 Å². The predicted octanol–water partition coefficient (Wildman–Crippen LogP) is 1.81. The lowest BCUT2D eigenvalue weighted by atomic mass is 10.1. The second-order valence-corrected chi connectivity index (χ2v) is 6.70. The molecule has 128 valence electrons. The van der Waals surface area contributed by atoms with Crippen LogP contribution in [-0.2, 0) is 16.0 Å². The summed E-state index contributed by atoms with van der Waals surface area (Å²) < 4.78 is 9.44. The van der Waals surface area contributed by atoms with E-state index in [1.54, 1.807) is 7.11 Å². The maximum atomic E-state index is 12.0. The number of carbonyl (C=O) groups is 1. The number of aromatic nitrogens is 2. The highest BCUT2D eigenvalue weighted by Gasteiger charge is 2.28. The number of nitrogens with zero attached hydrogens (tertiary/aromatic N) is 4. The SMILES string of the molecule is COCC(=O)N1CCN(c2nc(Cc3ccccc3)ns2)CC1C. The van der Waals surface area contributed by atoms with Gasteiger partial charge in [-0.3, -0.25) is 4.79 Å². The summed E-state index contributed by atoms with van der Waals surface area (Å²) in [6.07, 6.45) is 0.749. The molecule has 1 atom stereocenters. The minimum atomic E-state index is 0.0479. The zero-order valence-corrected chi connectivity index (χ0v) is 14.8. The van der Waals surface area contributed by atoms with Gasteiger partial charge in [0.1, 0.15) is 12.4 Å². The van der Waals surface area contributed by atoms with Crippen molar-refractivity contribution in [2.24, 2.45) is 0 Å². The Kier molecular flexibility index (Phi) is 5.42. The largest absolute Gasteiger partial charge is 0.375 e. The van der Waals surface area contributed by atoms with E-state index >= 15 is 0 Å². The zero-order valence-electron chi connectivity index (χ0n) is 14.0. The highest BCUT2D eigenvalue weighted by atomic mass is 32.1. The smallest absolute Gasteiger partial charge is 0.248 e. The van der Waals surface area contributed by atoms with Crippen molar-refractivity contribution in [1.29, 1.82) is 0 Å². The van der Waals surface area contributed by atoms with Gasteiger partial charge in [-0.15, -0.1) is 0 Å². The summed E-state index contributed by atoms with van der Waals surface area (Å²) in [5.41, 5.74) is 1.21. The van der Waals surface area contributed by atoms with Gasteiger partial charge in [-0.05, 0) is 12.5 Å². The average Bonchev–Trinajstić information content (AvgIpc) is 3.04. The number of rotatable bonds is 5. The highest BCUT2D eigenvalue weighted by molar-refractivity contribution is 7.09. The fourth-order valence-corrected chi connectivity index (χ4v) is 3.65. The molecule has 1 unspecified atom stereocenters. The summed E-state index contributed by atoms with van der Waals surface area (Å²) in [5.74, 6) is 0.901. The van der Waals surface area contributed by atoms with Crippen molar-refractivity contribution in [1.82, 2.24) is 14.3 Å². The van der Waals surface area contributed by atoms with Crippen LogP contribution in [-0.4, -0.2) is 59.6 Å². The molecule has 0 radical (unpaired) electrons. The normalized spacial score (nSPS) is 18.0. The molecule has 2 aromatic rings. The van der Waals surface area contributed by atoms with Crippen molar-refractivity contribution < 1.29 is 9.53 Å². The van der Waals surface area contributed by atoms with Gasteiger partial charge in [-0.25, -0.2) is 4.98 Å². The fourth-order valence-electron chi connectivity index (χ4n) is 2.93. The Morgan fingerprint density at radius 3 is 2.83 bits per heavy atom. The summed E-state index contributed by atoms with van der Waals surface area (Å²) in [5, 5.41) is 0.937. The topological polar surface area (TPSA) is 58.6 Å². The average molecular weight is 346 g/mol. The molecule has 3 rings (SSSR count). The van der Waals surface area contributed by atoms with E-state index in [4.69, 9.17) is 4.74 Å². The maximum Gasteiger partial charge on any atom is 0.248 e. The number of anilines is 1. The molecule has 1 aliphatic rings. The van der Waals surface area contributed by atoms with Crippen LogP contribution in [0.3, 0.4) is 0 Å². The lowest BCUT2D eigenvalue weighted by Gasteiger charge is -2.39. The van der Waals surface area contributed by atoms with Crippen LogP contribution in [0.25, 0.3) is 0 Å². The van der Waals surface area contributed by atoms with E-state index in [1.165, 1.54) is 17.1 Å². The summed E-state index contributed by atoms with van der Waals surface area (Å²) in [4.78, 5) is 20.8. The quantitative estimate of drug-likeness (QED) is 0.826. The van der Waals surface area contributed by atoms with Gasteiger partial charge >= 0.3 is 0 Å². The zero-order chi connectivity index (χ0) is 16.9. The van der Waals surface area contributed by atoms with E-state index in [0.717, 1.165) is 30.5 Å². The van der Waals surface area contributed by atoms with Gasteiger partial charge in [0.2, 0.25) is 11.0 Å². The summed E-state index contributed by atoms with van der Waals surface area (Å²) >= 11 is 1.43. The van der Waals surface area contributed by atoms with Crippen LogP contribution in [0.2, 0.25) is 0 Å². The Morgan fingerprint density at radius 2 is 2.12 bits per heavy atom. The Bertz CT molecular complexity index is 676. The second-order valence-electron chi connectivity index (χ2n) is 5.97. The van der Waals surface area contributed by atoms with E-state index in [9.17, 15) is 4.79 Å². The molecule has 2 heterocycles. The third kappa shape index (κ3) is 3.91. The van der Waals surface area contributed by atoms with Crippen LogP contribution in [0.5, 0.6) is 0 Å². The molecular formula is C17H22N4O2S. The summed E-state index contributed by atoms with van der Waals surface area (Å²) in [6, 6.07) is 10.4. The molecule has 1 amide bonds. The standard InChI is InChI=1S/C17H22N4O2S/c1-13-11-20(8-9-21(13)16(22)12-23-2)17-18-15(19-24-17)10-14-6-4-3-5-7-14/h3-7,13H,8-12H2,1-2H3. The number of methoxy groups -OCH3 is 1. The number of carbonyl (C=O) groups excluding carboxylic acids is 1. The maximum absolute atomic E-state index is 12.0. The van der Waals surface area contributed by atoms with Gasteiger partial charge in [-0.1, -0.05) is 30.3 Å². The number of piperazine rings is 1. The Morgan fingerprint density at radius 1 is 1.33 bits per heavy atom. The third-order valence-electron chi connectivity index (χ3n) is 4.15. The van der Waals surface area contributed by atoms with E-state index in [2.05, 4.69) is 33.3 Å². The van der Waals surface area contributed by atoms with Gasteiger partial charge in [0.05, 0.1) is 0 Å². The van der Waals surface area contributed by atoms with E-state index in [-0.39, 0.29) is 18.6 Å². The molecule has 6 nitrogen and oxygen atoms in total. The van der Waals surface area contributed by atoms with Crippen LogP contribution in [0, 0.1) is 0 Å². The molecule has 1 aromatic carbocycles. The number of hydrogen-bond donors (Lipinski definition) is 0. The van der Waals surface area contributed by atoms with E-state index < -0.39 is 0 Å². The summed E-state index contributed by atoms with van der Waals surface area (Å²) in [7, 11) is 1.55. The van der Waals surface area contributed by atoms with Crippen LogP contribution in [0.15, 0.2) is 30.3 Å². The van der Waals surface area contributed by atoms with Crippen molar-refractivity contribution >= 4 is 22.6 Å². The molecule has 1 aliphatic heterocycles. The van der Waals surface area contributed by atoms with Crippen LogP contribution >= 0.6 is 11.5 Å². The first-order valence-electron chi connectivity index (χ1n) is 8.07. The molecule has 24 heavy (non-hydrogen) atoms.